The number of unbranched alkanes of at least 4 members (excludes halogenated alkanes) is 5. The zero-order valence-electron chi connectivity index (χ0n) is 18.1. The fourth-order valence-electron chi connectivity index (χ4n) is 6.89. The van der Waals surface area contributed by atoms with Gasteiger partial charge in [0.25, 0.3) is 0 Å². The largest absolute Gasteiger partial charge is 0.129 e. The first-order valence-corrected chi connectivity index (χ1v) is 13.1. The molecule has 0 amide bonds. The Morgan fingerprint density at radius 1 is 0.630 bits per heavy atom. The first kappa shape index (κ1) is 22.3. The van der Waals surface area contributed by atoms with Crippen LogP contribution in [0.1, 0.15) is 129 Å². The molecule has 3 aliphatic rings. The standard InChI is InChI=1S/C25H44Cl2/c1-3-5-7-9-11-22-14-18-24(19-15-22)20-23(25(24,26)27)16-12-21(13-17-23)10-8-6-4-2/h21-22H,3-20H2,1-2H3. The third-order valence-electron chi connectivity index (χ3n) is 8.82. The summed E-state index contributed by atoms with van der Waals surface area (Å²) in [4.78, 5) is 0. The second-order valence-electron chi connectivity index (χ2n) is 10.5. The van der Waals surface area contributed by atoms with Gasteiger partial charge in [-0.3, -0.25) is 0 Å². The van der Waals surface area contributed by atoms with E-state index < -0.39 is 4.33 Å². The molecule has 27 heavy (non-hydrogen) atoms. The molecule has 0 atom stereocenters. The van der Waals surface area contributed by atoms with E-state index in [9.17, 15) is 0 Å². The first-order chi connectivity index (χ1) is 13.0. The molecule has 0 saturated heterocycles. The number of halogens is 2. The fourth-order valence-corrected chi connectivity index (χ4v) is 7.91. The molecule has 3 aliphatic carbocycles. The number of hydrogen-bond donors (Lipinski definition) is 0. The predicted molar refractivity (Wildman–Crippen MR) is 121 cm³/mol. The van der Waals surface area contributed by atoms with Crippen molar-refractivity contribution in [3.63, 3.8) is 0 Å². The molecule has 3 saturated carbocycles. The van der Waals surface area contributed by atoms with Gasteiger partial charge in [0, 0.05) is 10.8 Å². The first-order valence-electron chi connectivity index (χ1n) is 12.4. The second-order valence-corrected chi connectivity index (χ2v) is 11.9. The predicted octanol–water partition coefficient (Wildman–Crippen LogP) is 9.47. The molecule has 0 heterocycles. The molecule has 0 unspecified atom stereocenters. The highest BCUT2D eigenvalue weighted by molar-refractivity contribution is 6.50. The third-order valence-corrected chi connectivity index (χ3v) is 10.4. The molecule has 0 aromatic carbocycles. The van der Waals surface area contributed by atoms with Crippen molar-refractivity contribution in [1.29, 1.82) is 0 Å². The smallest absolute Gasteiger partial charge is 0.100 e. The Hall–Kier alpha value is 0.580. The molecule has 3 fully saturated rings. The number of alkyl halides is 2. The maximum atomic E-state index is 7.21. The van der Waals surface area contributed by atoms with Gasteiger partial charge in [-0.25, -0.2) is 0 Å². The molecule has 0 N–H and O–H groups in total. The molecule has 0 aromatic rings. The molecule has 3 rings (SSSR count). The van der Waals surface area contributed by atoms with Crippen LogP contribution in [0.15, 0.2) is 0 Å². The van der Waals surface area contributed by atoms with E-state index >= 15 is 0 Å². The number of hydrogen-bond acceptors (Lipinski definition) is 0. The highest BCUT2D eigenvalue weighted by Gasteiger charge is 2.72. The quantitative estimate of drug-likeness (QED) is 0.260. The monoisotopic (exact) mass is 414 g/mol. The molecule has 0 aliphatic heterocycles. The number of rotatable bonds is 9. The molecular formula is C25H44Cl2. The van der Waals surface area contributed by atoms with E-state index in [4.69, 9.17) is 23.2 Å². The van der Waals surface area contributed by atoms with Gasteiger partial charge in [-0.05, 0) is 69.6 Å². The molecule has 0 bridgehead atoms. The Balaban J connectivity index is 1.45. The lowest BCUT2D eigenvalue weighted by Crippen LogP contribution is -2.66. The lowest BCUT2D eigenvalue weighted by atomic mass is 9.43. The normalized spacial score (nSPS) is 38.2. The maximum Gasteiger partial charge on any atom is 0.129 e. The minimum absolute atomic E-state index is 0.255. The zero-order valence-corrected chi connectivity index (χ0v) is 19.7. The van der Waals surface area contributed by atoms with Crippen LogP contribution in [0, 0.1) is 22.7 Å². The molecule has 158 valence electrons. The summed E-state index contributed by atoms with van der Waals surface area (Å²) in [5.74, 6) is 1.89. The summed E-state index contributed by atoms with van der Waals surface area (Å²) in [6.07, 6.45) is 24.7. The summed E-state index contributed by atoms with van der Waals surface area (Å²) < 4.78 is -0.443. The average molecular weight is 416 g/mol. The summed E-state index contributed by atoms with van der Waals surface area (Å²) in [5, 5.41) is 0. The Morgan fingerprint density at radius 2 is 1.04 bits per heavy atom. The SMILES string of the molecule is CCCCCCC1CCC2(CC1)CC1(CCC(CCCCC)CC1)C2(Cl)Cl. The highest BCUT2D eigenvalue weighted by atomic mass is 35.5. The van der Waals surface area contributed by atoms with Gasteiger partial charge in [-0.1, -0.05) is 71.6 Å². The van der Waals surface area contributed by atoms with Crippen molar-refractivity contribution in [3.8, 4) is 0 Å². The zero-order chi connectivity index (χ0) is 19.4. The molecule has 0 aromatic heterocycles. The summed E-state index contributed by atoms with van der Waals surface area (Å²) >= 11 is 14.4. The van der Waals surface area contributed by atoms with Gasteiger partial charge in [-0.2, -0.15) is 0 Å². The minimum atomic E-state index is -0.443. The van der Waals surface area contributed by atoms with E-state index in [1.807, 2.05) is 0 Å². The van der Waals surface area contributed by atoms with Crippen molar-refractivity contribution >= 4 is 23.2 Å². The van der Waals surface area contributed by atoms with E-state index in [0.29, 0.717) is 0 Å². The highest BCUT2D eigenvalue weighted by Crippen LogP contribution is 2.76. The van der Waals surface area contributed by atoms with Gasteiger partial charge < -0.3 is 0 Å². The van der Waals surface area contributed by atoms with Crippen LogP contribution in [0.25, 0.3) is 0 Å². The molecule has 2 spiro atoms. The van der Waals surface area contributed by atoms with Crippen molar-refractivity contribution in [1.82, 2.24) is 0 Å². The van der Waals surface area contributed by atoms with Crippen molar-refractivity contribution in [2.75, 3.05) is 0 Å². The Morgan fingerprint density at radius 3 is 1.44 bits per heavy atom. The average Bonchev–Trinajstić information content (AvgIpc) is 2.68. The molecule has 2 heteroatoms. The third kappa shape index (κ3) is 4.52. The van der Waals surface area contributed by atoms with Crippen LogP contribution in [-0.2, 0) is 0 Å². The second kappa shape index (κ2) is 9.59. The lowest BCUT2D eigenvalue weighted by Gasteiger charge is -2.69. The van der Waals surface area contributed by atoms with Crippen molar-refractivity contribution in [3.05, 3.63) is 0 Å². The molecule has 0 nitrogen and oxygen atoms in total. The van der Waals surface area contributed by atoms with Crippen molar-refractivity contribution < 1.29 is 0 Å². The van der Waals surface area contributed by atoms with Crippen LogP contribution in [0.2, 0.25) is 0 Å². The van der Waals surface area contributed by atoms with Gasteiger partial charge in [0.2, 0.25) is 0 Å². The lowest BCUT2D eigenvalue weighted by molar-refractivity contribution is -0.115. The maximum absolute atomic E-state index is 7.21. The van der Waals surface area contributed by atoms with E-state index in [1.54, 1.807) is 0 Å². The summed E-state index contributed by atoms with van der Waals surface area (Å²) in [7, 11) is 0. The Kier molecular flexibility index (Phi) is 7.91. The van der Waals surface area contributed by atoms with Gasteiger partial charge in [-0.15, -0.1) is 23.2 Å². The summed E-state index contributed by atoms with van der Waals surface area (Å²) in [5.41, 5.74) is 0.510. The van der Waals surface area contributed by atoms with Crippen LogP contribution in [0.5, 0.6) is 0 Å². The van der Waals surface area contributed by atoms with Crippen molar-refractivity contribution in [2.24, 2.45) is 22.7 Å². The van der Waals surface area contributed by atoms with Gasteiger partial charge >= 0.3 is 0 Å². The van der Waals surface area contributed by atoms with Crippen LogP contribution >= 0.6 is 23.2 Å². The van der Waals surface area contributed by atoms with E-state index in [-0.39, 0.29) is 10.8 Å². The van der Waals surface area contributed by atoms with Crippen LogP contribution in [-0.4, -0.2) is 4.33 Å². The fraction of sp³-hybridized carbons (Fsp3) is 1.00. The van der Waals surface area contributed by atoms with Crippen molar-refractivity contribution in [2.45, 2.75) is 134 Å². The van der Waals surface area contributed by atoms with Gasteiger partial charge in [0.1, 0.15) is 4.33 Å². The van der Waals surface area contributed by atoms with Crippen LogP contribution < -0.4 is 0 Å². The van der Waals surface area contributed by atoms with Gasteiger partial charge in [0.15, 0.2) is 0 Å². The Bertz CT molecular complexity index is 439. The summed E-state index contributed by atoms with van der Waals surface area (Å²) in [6.45, 7) is 4.61. The Labute approximate surface area is 179 Å². The van der Waals surface area contributed by atoms with E-state index in [0.717, 1.165) is 11.8 Å². The molecular weight excluding hydrogens is 371 g/mol. The topological polar surface area (TPSA) is 0 Å². The van der Waals surface area contributed by atoms with Gasteiger partial charge in [0.05, 0.1) is 0 Å². The minimum Gasteiger partial charge on any atom is -0.100 e. The van der Waals surface area contributed by atoms with Crippen LogP contribution in [0.3, 0.4) is 0 Å². The summed E-state index contributed by atoms with van der Waals surface area (Å²) in [6, 6.07) is 0. The van der Waals surface area contributed by atoms with E-state index in [2.05, 4.69) is 13.8 Å². The molecule has 0 radical (unpaired) electrons. The van der Waals surface area contributed by atoms with E-state index in [1.165, 1.54) is 116 Å². The van der Waals surface area contributed by atoms with Crippen LogP contribution in [0.4, 0.5) is 0 Å².